The Labute approximate surface area is 70.7 Å². The first-order valence-corrected chi connectivity index (χ1v) is 3.76. The molecule has 1 rings (SSSR count). The molecule has 4 heteroatoms. The van der Waals surface area contributed by atoms with Crippen molar-refractivity contribution in [2.24, 2.45) is 5.73 Å². The Morgan fingerprint density at radius 2 is 2.58 bits per heavy atom. The first-order chi connectivity index (χ1) is 5.70. The van der Waals surface area contributed by atoms with Crippen LogP contribution in [0.1, 0.15) is 12.7 Å². The maximum atomic E-state index is 11.0. The number of amides is 1. The molecule has 0 aliphatic carbocycles. The third-order valence-corrected chi connectivity index (χ3v) is 1.43. The Morgan fingerprint density at radius 1 is 1.83 bits per heavy atom. The molecule has 3 N–H and O–H groups in total. The van der Waals surface area contributed by atoms with Crippen molar-refractivity contribution in [1.29, 1.82) is 0 Å². The topological polar surface area (TPSA) is 68.3 Å². The summed E-state index contributed by atoms with van der Waals surface area (Å²) in [7, 11) is 0. The van der Waals surface area contributed by atoms with E-state index in [-0.39, 0.29) is 5.91 Å². The van der Waals surface area contributed by atoms with Crippen molar-refractivity contribution >= 4 is 5.91 Å². The number of nitrogens with one attached hydrogen (secondary N) is 1. The van der Waals surface area contributed by atoms with Gasteiger partial charge in [0.15, 0.2) is 0 Å². The van der Waals surface area contributed by atoms with Gasteiger partial charge in [-0.3, -0.25) is 4.79 Å². The highest BCUT2D eigenvalue weighted by molar-refractivity contribution is 5.80. The van der Waals surface area contributed by atoms with Gasteiger partial charge in [0.1, 0.15) is 5.76 Å². The minimum atomic E-state index is -0.472. The van der Waals surface area contributed by atoms with Crippen LogP contribution in [0.5, 0.6) is 0 Å². The second kappa shape index (κ2) is 3.92. The van der Waals surface area contributed by atoms with E-state index in [9.17, 15) is 4.79 Å². The number of furan rings is 1. The maximum absolute atomic E-state index is 11.0. The van der Waals surface area contributed by atoms with Gasteiger partial charge in [-0.25, -0.2) is 0 Å². The van der Waals surface area contributed by atoms with Crippen LogP contribution >= 0.6 is 0 Å². The van der Waals surface area contributed by atoms with E-state index in [0.717, 1.165) is 5.76 Å². The normalized spacial score (nSPS) is 12.5. The Bertz CT molecular complexity index is 242. The zero-order valence-corrected chi connectivity index (χ0v) is 6.91. The van der Waals surface area contributed by atoms with Crippen molar-refractivity contribution in [3.8, 4) is 0 Å². The molecule has 0 aliphatic rings. The highest BCUT2D eigenvalue weighted by Gasteiger charge is 2.06. The van der Waals surface area contributed by atoms with Crippen molar-refractivity contribution in [2.45, 2.75) is 19.5 Å². The second-order valence-corrected chi connectivity index (χ2v) is 2.59. The summed E-state index contributed by atoms with van der Waals surface area (Å²) >= 11 is 0. The molecule has 1 aromatic heterocycles. The summed E-state index contributed by atoms with van der Waals surface area (Å²) < 4.78 is 5.01. The lowest BCUT2D eigenvalue weighted by Gasteiger charge is -2.04. The van der Waals surface area contributed by atoms with Crippen molar-refractivity contribution in [3.05, 3.63) is 24.2 Å². The fraction of sp³-hybridized carbons (Fsp3) is 0.375. The van der Waals surface area contributed by atoms with E-state index in [2.05, 4.69) is 5.32 Å². The van der Waals surface area contributed by atoms with Gasteiger partial charge in [0, 0.05) is 0 Å². The molecule has 0 saturated heterocycles. The number of nitrogens with two attached hydrogens (primary N) is 1. The van der Waals surface area contributed by atoms with Crippen molar-refractivity contribution < 1.29 is 9.21 Å². The molecule has 0 radical (unpaired) electrons. The zero-order valence-electron chi connectivity index (χ0n) is 6.91. The fourth-order valence-electron chi connectivity index (χ4n) is 0.748. The molecule has 1 heterocycles. The van der Waals surface area contributed by atoms with Gasteiger partial charge in [0.05, 0.1) is 18.8 Å². The summed E-state index contributed by atoms with van der Waals surface area (Å²) in [4.78, 5) is 11.0. The Balaban J connectivity index is 2.32. The summed E-state index contributed by atoms with van der Waals surface area (Å²) in [5.74, 6) is 0.551. The number of carbonyl (C=O) groups excluding carboxylic acids is 1. The monoisotopic (exact) mass is 168 g/mol. The number of hydrogen-bond donors (Lipinski definition) is 2. The van der Waals surface area contributed by atoms with Crippen LogP contribution in [0.15, 0.2) is 22.8 Å². The van der Waals surface area contributed by atoms with Gasteiger partial charge in [-0.2, -0.15) is 0 Å². The van der Waals surface area contributed by atoms with Crippen LogP contribution in [-0.4, -0.2) is 11.9 Å². The maximum Gasteiger partial charge on any atom is 0.237 e. The molecule has 0 aromatic carbocycles. The van der Waals surface area contributed by atoms with Crippen LogP contribution in [0.4, 0.5) is 0 Å². The van der Waals surface area contributed by atoms with Crippen molar-refractivity contribution in [2.75, 3.05) is 0 Å². The van der Waals surface area contributed by atoms with Crippen LogP contribution in [-0.2, 0) is 11.3 Å². The lowest BCUT2D eigenvalue weighted by Crippen LogP contribution is -2.37. The third kappa shape index (κ3) is 2.39. The van der Waals surface area contributed by atoms with Crippen molar-refractivity contribution in [1.82, 2.24) is 5.32 Å². The van der Waals surface area contributed by atoms with E-state index in [1.54, 1.807) is 25.3 Å². The minimum Gasteiger partial charge on any atom is -0.467 e. The number of rotatable bonds is 3. The Morgan fingerprint density at radius 3 is 3.08 bits per heavy atom. The van der Waals surface area contributed by atoms with Gasteiger partial charge in [-0.1, -0.05) is 0 Å². The van der Waals surface area contributed by atoms with Gasteiger partial charge >= 0.3 is 0 Å². The Kier molecular flexibility index (Phi) is 2.88. The van der Waals surface area contributed by atoms with E-state index < -0.39 is 6.04 Å². The van der Waals surface area contributed by atoms with Gasteiger partial charge in [0.25, 0.3) is 0 Å². The molecule has 0 saturated carbocycles. The van der Waals surface area contributed by atoms with E-state index in [4.69, 9.17) is 10.2 Å². The van der Waals surface area contributed by atoms with Gasteiger partial charge < -0.3 is 15.5 Å². The van der Waals surface area contributed by atoms with E-state index in [1.165, 1.54) is 0 Å². The highest BCUT2D eigenvalue weighted by Crippen LogP contribution is 1.98. The number of carbonyl (C=O) groups is 1. The summed E-state index contributed by atoms with van der Waals surface area (Å²) in [6.45, 7) is 2.03. The van der Waals surface area contributed by atoms with Gasteiger partial charge in [0.2, 0.25) is 5.91 Å². The number of hydrogen-bond acceptors (Lipinski definition) is 3. The molecule has 4 nitrogen and oxygen atoms in total. The largest absolute Gasteiger partial charge is 0.467 e. The smallest absolute Gasteiger partial charge is 0.237 e. The molecule has 1 aromatic rings. The van der Waals surface area contributed by atoms with Crippen LogP contribution < -0.4 is 11.1 Å². The highest BCUT2D eigenvalue weighted by atomic mass is 16.3. The standard InChI is InChI=1S/C8H12N2O2/c1-6(9)8(11)10-5-7-3-2-4-12-7/h2-4,6H,5,9H2,1H3,(H,10,11). The SMILES string of the molecule is CC(N)C(=O)NCc1ccco1. The third-order valence-electron chi connectivity index (χ3n) is 1.43. The summed E-state index contributed by atoms with van der Waals surface area (Å²) in [6, 6.07) is 3.09. The molecule has 0 spiro atoms. The molecule has 0 aliphatic heterocycles. The first kappa shape index (κ1) is 8.80. The summed E-state index contributed by atoms with van der Waals surface area (Å²) in [6.07, 6.45) is 1.56. The lowest BCUT2D eigenvalue weighted by atomic mass is 10.3. The lowest BCUT2D eigenvalue weighted by molar-refractivity contribution is -0.122. The van der Waals surface area contributed by atoms with Gasteiger partial charge in [-0.15, -0.1) is 0 Å². The van der Waals surface area contributed by atoms with Crippen LogP contribution in [0.25, 0.3) is 0 Å². The van der Waals surface area contributed by atoms with E-state index in [0.29, 0.717) is 6.54 Å². The predicted octanol–water partition coefficient (Wildman–Crippen LogP) is 0.243. The molecular formula is C8H12N2O2. The second-order valence-electron chi connectivity index (χ2n) is 2.59. The molecule has 1 atom stereocenters. The first-order valence-electron chi connectivity index (χ1n) is 3.76. The molecular weight excluding hydrogens is 156 g/mol. The molecule has 0 fully saturated rings. The molecule has 0 bridgehead atoms. The zero-order chi connectivity index (χ0) is 8.97. The average Bonchev–Trinajstić information content (AvgIpc) is 2.51. The predicted molar refractivity (Wildman–Crippen MR) is 44.2 cm³/mol. The Hall–Kier alpha value is -1.29. The van der Waals surface area contributed by atoms with Gasteiger partial charge in [-0.05, 0) is 19.1 Å². The summed E-state index contributed by atoms with van der Waals surface area (Å²) in [5, 5.41) is 2.63. The minimum absolute atomic E-state index is 0.175. The van der Waals surface area contributed by atoms with Crippen LogP contribution in [0.3, 0.4) is 0 Å². The van der Waals surface area contributed by atoms with E-state index in [1.807, 2.05) is 0 Å². The van der Waals surface area contributed by atoms with Crippen molar-refractivity contribution in [3.63, 3.8) is 0 Å². The van der Waals surface area contributed by atoms with Crippen LogP contribution in [0.2, 0.25) is 0 Å². The van der Waals surface area contributed by atoms with Crippen LogP contribution in [0, 0.1) is 0 Å². The molecule has 1 amide bonds. The summed E-state index contributed by atoms with van der Waals surface area (Å²) in [5.41, 5.74) is 5.33. The average molecular weight is 168 g/mol. The quantitative estimate of drug-likeness (QED) is 0.679. The molecule has 1 unspecified atom stereocenters. The van der Waals surface area contributed by atoms with E-state index >= 15 is 0 Å². The fourth-order valence-corrected chi connectivity index (χ4v) is 0.748. The molecule has 66 valence electrons. The molecule has 12 heavy (non-hydrogen) atoms.